The number of benzene rings is 4. The van der Waals surface area contributed by atoms with E-state index in [1.54, 1.807) is 24.4 Å². The molecule has 0 spiro atoms. The molecule has 2 fully saturated rings. The number of sulfonamides is 1. The third-order valence-corrected chi connectivity index (χ3v) is 12.0. The Balaban J connectivity index is 1.06. The number of carbonyl (C=O) groups is 1. The van der Waals surface area contributed by atoms with Gasteiger partial charge in [-0.25, -0.2) is 18.1 Å². The lowest BCUT2D eigenvalue weighted by molar-refractivity contribution is -0.384. The molecule has 0 saturated carbocycles. The predicted molar refractivity (Wildman–Crippen MR) is 219 cm³/mol. The number of anilines is 2. The summed E-state index contributed by atoms with van der Waals surface area (Å²) >= 11 is 6.32. The maximum absolute atomic E-state index is 13.8. The molecule has 2 aliphatic heterocycles. The smallest absolute Gasteiger partial charge is 0.293 e. The van der Waals surface area contributed by atoms with E-state index < -0.39 is 31.4 Å². The zero-order valence-corrected chi connectivity index (χ0v) is 32.3. The Morgan fingerprint density at radius 3 is 2.58 bits per heavy atom. The van der Waals surface area contributed by atoms with Gasteiger partial charge in [0.15, 0.2) is 0 Å². The zero-order chi connectivity index (χ0) is 39.5. The van der Waals surface area contributed by atoms with Gasteiger partial charge in [0.1, 0.15) is 22.8 Å². The van der Waals surface area contributed by atoms with Crippen LogP contribution in [0.1, 0.15) is 47.6 Å². The molecule has 4 heterocycles. The van der Waals surface area contributed by atoms with Gasteiger partial charge in [-0.2, -0.15) is 0 Å². The molecule has 0 aliphatic carbocycles. The van der Waals surface area contributed by atoms with Crippen molar-refractivity contribution in [2.75, 3.05) is 36.5 Å². The van der Waals surface area contributed by atoms with Crippen LogP contribution >= 0.6 is 11.6 Å². The van der Waals surface area contributed by atoms with Crippen molar-refractivity contribution in [2.24, 2.45) is 5.92 Å². The number of nitro benzene ring substituents is 1. The fourth-order valence-electron chi connectivity index (χ4n) is 7.48. The maximum atomic E-state index is 13.8. The number of hydrogen-bond donors (Lipinski definition) is 3. The van der Waals surface area contributed by atoms with Gasteiger partial charge >= 0.3 is 0 Å². The topological polar surface area (TPSA) is 169 Å². The van der Waals surface area contributed by atoms with E-state index in [1.165, 1.54) is 30.0 Å². The van der Waals surface area contributed by atoms with E-state index in [9.17, 15) is 23.3 Å². The number of nitrogens with zero attached hydrogens (tertiary/aromatic N) is 3. The molecule has 15 heteroatoms. The number of aromatic nitrogens is 2. The highest BCUT2D eigenvalue weighted by atomic mass is 35.5. The second-order valence-corrected chi connectivity index (χ2v) is 16.3. The van der Waals surface area contributed by atoms with E-state index >= 15 is 0 Å². The van der Waals surface area contributed by atoms with Crippen LogP contribution in [-0.2, 0) is 14.8 Å². The monoisotopic (exact) mass is 806 g/mol. The number of halogens is 1. The molecular formula is C42H39ClN6O7S. The molecule has 1 unspecified atom stereocenters. The molecular weight excluding hydrogens is 768 g/mol. The lowest BCUT2D eigenvalue weighted by atomic mass is 10.0. The predicted octanol–water partition coefficient (Wildman–Crippen LogP) is 8.88. The first-order chi connectivity index (χ1) is 27.6. The van der Waals surface area contributed by atoms with E-state index in [0.29, 0.717) is 36.2 Å². The first-order valence-corrected chi connectivity index (χ1v) is 20.5. The average Bonchev–Trinajstić information content (AvgIpc) is 3.91. The van der Waals surface area contributed by atoms with Crippen LogP contribution in [0.15, 0.2) is 114 Å². The van der Waals surface area contributed by atoms with Gasteiger partial charge in [-0.3, -0.25) is 14.9 Å². The van der Waals surface area contributed by atoms with Gasteiger partial charge in [0.2, 0.25) is 0 Å². The number of nitro groups is 1. The first kappa shape index (κ1) is 37.9. The van der Waals surface area contributed by atoms with E-state index in [-0.39, 0.29) is 29.0 Å². The largest absolute Gasteiger partial charge is 0.455 e. The summed E-state index contributed by atoms with van der Waals surface area (Å²) in [6.07, 6.45) is 6.95. The van der Waals surface area contributed by atoms with Crippen molar-refractivity contribution in [2.45, 2.75) is 36.6 Å². The number of aromatic amines is 1. The second-order valence-electron chi connectivity index (χ2n) is 14.2. The Bertz CT molecular complexity index is 2560. The van der Waals surface area contributed by atoms with Crippen LogP contribution in [0, 0.1) is 16.0 Å². The molecule has 3 N–H and O–H groups in total. The number of pyridine rings is 1. The molecule has 1 atom stereocenters. The van der Waals surface area contributed by atoms with E-state index in [1.807, 2.05) is 36.4 Å². The maximum Gasteiger partial charge on any atom is 0.293 e. The lowest BCUT2D eigenvalue weighted by Crippen LogP contribution is -2.31. The Labute approximate surface area is 334 Å². The Morgan fingerprint density at radius 2 is 1.79 bits per heavy atom. The van der Waals surface area contributed by atoms with Crippen molar-refractivity contribution in [3.63, 3.8) is 0 Å². The van der Waals surface area contributed by atoms with Crippen LogP contribution < -0.4 is 19.7 Å². The molecule has 13 nitrogen and oxygen atoms in total. The van der Waals surface area contributed by atoms with Crippen molar-refractivity contribution in [1.29, 1.82) is 0 Å². The van der Waals surface area contributed by atoms with Gasteiger partial charge in [0, 0.05) is 54.7 Å². The summed E-state index contributed by atoms with van der Waals surface area (Å²) in [6.45, 7) is 2.63. The SMILES string of the molecule is O=C(NS(=O)(=O)c1ccc(NCC2CCOCC2)c([N+](=O)[O-])c1)c1ccc(-c2ccc(N3CCCC3c3cccc(Cl)c3)cc2)cc1Oc1cnc2[nH]ccc2c1. The normalized spacial score (nSPS) is 16.1. The molecule has 8 rings (SSSR count). The number of ether oxygens (including phenoxy) is 2. The summed E-state index contributed by atoms with van der Waals surface area (Å²) in [5.74, 6) is -0.299. The third kappa shape index (κ3) is 8.43. The van der Waals surface area contributed by atoms with Gasteiger partial charge in [-0.1, -0.05) is 41.9 Å². The number of H-pyrrole nitrogens is 1. The Morgan fingerprint density at radius 1 is 0.982 bits per heavy atom. The summed E-state index contributed by atoms with van der Waals surface area (Å²) in [5, 5.41) is 16.6. The fourth-order valence-corrected chi connectivity index (χ4v) is 8.66. The van der Waals surface area contributed by atoms with Crippen LogP contribution in [0.25, 0.3) is 22.2 Å². The van der Waals surface area contributed by atoms with Crippen LogP contribution in [0.4, 0.5) is 17.1 Å². The van der Waals surface area contributed by atoms with Crippen LogP contribution in [-0.4, -0.2) is 55.5 Å². The zero-order valence-electron chi connectivity index (χ0n) is 30.7. The molecule has 2 aromatic heterocycles. The summed E-state index contributed by atoms with van der Waals surface area (Å²) in [7, 11) is -4.56. The van der Waals surface area contributed by atoms with Crippen molar-refractivity contribution in [3.8, 4) is 22.6 Å². The van der Waals surface area contributed by atoms with Crippen LogP contribution in [0.2, 0.25) is 5.02 Å². The highest BCUT2D eigenvalue weighted by molar-refractivity contribution is 7.90. The first-order valence-electron chi connectivity index (χ1n) is 18.7. The Kier molecular flexibility index (Phi) is 10.8. The van der Waals surface area contributed by atoms with Crippen molar-refractivity contribution >= 4 is 55.6 Å². The van der Waals surface area contributed by atoms with Crippen molar-refractivity contribution < 1.29 is 27.6 Å². The van der Waals surface area contributed by atoms with Gasteiger partial charge in [-0.05, 0) is 109 Å². The molecule has 6 aromatic rings. The van der Waals surface area contributed by atoms with Gasteiger partial charge in [0.05, 0.1) is 27.6 Å². The molecule has 1 amide bonds. The minimum atomic E-state index is -4.56. The number of hydrogen-bond acceptors (Lipinski definition) is 10. The molecule has 0 radical (unpaired) electrons. The van der Waals surface area contributed by atoms with Crippen LogP contribution in [0.3, 0.4) is 0 Å². The van der Waals surface area contributed by atoms with Gasteiger partial charge in [-0.15, -0.1) is 0 Å². The number of fused-ring (bicyclic) bond motifs is 1. The highest BCUT2D eigenvalue weighted by Gasteiger charge is 2.28. The number of carbonyl (C=O) groups excluding carboxylic acids is 1. The molecule has 292 valence electrons. The fraction of sp³-hybridized carbons (Fsp3) is 0.238. The lowest BCUT2D eigenvalue weighted by Gasteiger charge is -2.27. The second kappa shape index (κ2) is 16.3. The van der Waals surface area contributed by atoms with E-state index in [2.05, 4.69) is 43.1 Å². The van der Waals surface area contributed by atoms with Crippen molar-refractivity contribution in [1.82, 2.24) is 14.7 Å². The number of nitrogens with one attached hydrogen (secondary N) is 3. The summed E-state index contributed by atoms with van der Waals surface area (Å²) < 4.78 is 40.9. The van der Waals surface area contributed by atoms with Gasteiger partial charge < -0.3 is 24.7 Å². The quantitative estimate of drug-likeness (QED) is 0.0802. The summed E-state index contributed by atoms with van der Waals surface area (Å²) in [6, 6.07) is 28.3. The summed E-state index contributed by atoms with van der Waals surface area (Å²) in [4.78, 5) is 34.6. The summed E-state index contributed by atoms with van der Waals surface area (Å²) in [5.41, 5.74) is 4.14. The van der Waals surface area contributed by atoms with Gasteiger partial charge in [0.25, 0.3) is 21.6 Å². The molecule has 2 aliphatic rings. The van der Waals surface area contributed by atoms with E-state index in [4.69, 9.17) is 21.1 Å². The van der Waals surface area contributed by atoms with E-state index in [0.717, 1.165) is 60.5 Å². The molecule has 57 heavy (non-hydrogen) atoms. The number of rotatable bonds is 12. The third-order valence-electron chi connectivity index (χ3n) is 10.5. The average molecular weight is 807 g/mol. The number of amides is 1. The molecule has 4 aromatic carbocycles. The minimum absolute atomic E-state index is 0.0706. The standard InChI is InChI=1S/C42H39ClN6O7S/c43-32-4-1-3-30(21-32)38-5-2-18-48(38)33-9-6-28(7-10-33)29-8-12-36(40(23-29)56-34-22-31-14-17-44-41(31)46-26-34)42(50)47-57(53,54)35-11-13-37(39(24-35)49(51)52)45-25-27-15-19-55-20-16-27/h1,3-4,6-14,17,21-24,26-27,38,45H,2,5,15-16,18-20,25H2,(H,44,46)(H,47,50). The van der Waals surface area contributed by atoms with Crippen molar-refractivity contribution in [3.05, 3.63) is 136 Å². The Hall–Kier alpha value is -5.96. The highest BCUT2D eigenvalue weighted by Crippen LogP contribution is 2.39. The molecule has 2 saturated heterocycles. The minimum Gasteiger partial charge on any atom is -0.455 e. The molecule has 0 bridgehead atoms. The van der Waals surface area contributed by atoms with Crippen LogP contribution in [0.5, 0.6) is 11.5 Å².